The van der Waals surface area contributed by atoms with Crippen LogP contribution in [0, 0.1) is 0 Å². The second kappa shape index (κ2) is 4.31. The van der Waals surface area contributed by atoms with Gasteiger partial charge in [-0.05, 0) is 0 Å². The summed E-state index contributed by atoms with van der Waals surface area (Å²) in [5, 5.41) is 2.27. The summed E-state index contributed by atoms with van der Waals surface area (Å²) in [5.41, 5.74) is 0.812. The van der Waals surface area contributed by atoms with Gasteiger partial charge in [-0.25, -0.2) is 9.71 Å². The number of anilines is 1. The average molecular weight is 263 g/mol. The number of nitrogens with one attached hydrogen (secondary N) is 1. The van der Waals surface area contributed by atoms with Crippen LogP contribution in [-0.4, -0.2) is 31.8 Å². The molecule has 0 fully saturated rings. The Balaban J connectivity index is 2.90. The highest BCUT2D eigenvalue weighted by atomic mass is 32.2. The van der Waals surface area contributed by atoms with Gasteiger partial charge in [-0.15, -0.1) is 11.3 Å². The summed E-state index contributed by atoms with van der Waals surface area (Å²) in [4.78, 5) is 4.25. The first-order valence-electron chi connectivity index (χ1n) is 4.79. The Bertz CT molecular complexity index is 457. The first-order valence-corrected chi connectivity index (χ1v) is 7.11. The number of hydrogen-bond acceptors (Lipinski definition) is 4. The molecule has 1 aromatic rings. The molecule has 1 N–H and O–H groups in total. The maximum Gasteiger partial charge on any atom is 0.302 e. The quantitative estimate of drug-likeness (QED) is 0.902. The van der Waals surface area contributed by atoms with Crippen LogP contribution >= 0.6 is 11.3 Å². The van der Waals surface area contributed by atoms with Gasteiger partial charge in [0.05, 0.1) is 5.69 Å². The van der Waals surface area contributed by atoms with E-state index in [2.05, 4.69) is 9.71 Å². The standard InChI is InChI=1S/C9H17N3O2S2/c1-9(2,3)7-6-15-8(10-7)11-16(13,14)12(4)5/h6H,1-5H3,(H,10,11). The summed E-state index contributed by atoms with van der Waals surface area (Å²) >= 11 is 1.29. The summed E-state index contributed by atoms with van der Waals surface area (Å²) in [6, 6.07) is 0. The minimum Gasteiger partial charge on any atom is -0.246 e. The van der Waals surface area contributed by atoms with Gasteiger partial charge in [-0.3, -0.25) is 0 Å². The molecule has 0 saturated carbocycles. The van der Waals surface area contributed by atoms with Crippen LogP contribution in [0.3, 0.4) is 0 Å². The highest BCUT2D eigenvalue weighted by molar-refractivity contribution is 7.90. The lowest BCUT2D eigenvalue weighted by Gasteiger charge is -2.14. The largest absolute Gasteiger partial charge is 0.302 e. The van der Waals surface area contributed by atoms with Gasteiger partial charge in [0.15, 0.2) is 5.13 Å². The molecule has 0 aromatic carbocycles. The zero-order valence-electron chi connectivity index (χ0n) is 10.1. The van der Waals surface area contributed by atoms with Crippen molar-refractivity contribution in [3.63, 3.8) is 0 Å². The molecule has 5 nitrogen and oxygen atoms in total. The fourth-order valence-electron chi connectivity index (χ4n) is 0.867. The van der Waals surface area contributed by atoms with Crippen molar-refractivity contribution in [1.82, 2.24) is 9.29 Å². The summed E-state index contributed by atoms with van der Waals surface area (Å²) in [5.74, 6) is 0. The van der Waals surface area contributed by atoms with E-state index < -0.39 is 10.2 Å². The highest BCUT2D eigenvalue weighted by Crippen LogP contribution is 2.26. The predicted molar refractivity (Wildman–Crippen MR) is 67.0 cm³/mol. The molecule has 7 heteroatoms. The van der Waals surface area contributed by atoms with E-state index in [4.69, 9.17) is 0 Å². The van der Waals surface area contributed by atoms with Crippen LogP contribution in [0.1, 0.15) is 26.5 Å². The second-order valence-electron chi connectivity index (χ2n) is 4.68. The molecular weight excluding hydrogens is 246 g/mol. The molecule has 16 heavy (non-hydrogen) atoms. The van der Waals surface area contributed by atoms with Crippen molar-refractivity contribution in [2.45, 2.75) is 26.2 Å². The molecular formula is C9H17N3O2S2. The van der Waals surface area contributed by atoms with Gasteiger partial charge in [-0.2, -0.15) is 12.7 Å². The molecule has 1 heterocycles. The third kappa shape index (κ3) is 3.16. The van der Waals surface area contributed by atoms with Crippen LogP contribution in [0.5, 0.6) is 0 Å². The Morgan fingerprint density at radius 1 is 1.38 bits per heavy atom. The van der Waals surface area contributed by atoms with Gasteiger partial charge in [-0.1, -0.05) is 20.8 Å². The normalized spacial score (nSPS) is 13.1. The van der Waals surface area contributed by atoms with E-state index in [1.54, 1.807) is 0 Å². The molecule has 0 unspecified atom stereocenters. The summed E-state index contributed by atoms with van der Waals surface area (Å²) in [7, 11) is -0.507. The van der Waals surface area contributed by atoms with Crippen molar-refractivity contribution in [2.24, 2.45) is 0 Å². The SMILES string of the molecule is CN(C)S(=O)(=O)Nc1nc(C(C)(C)C)cs1. The second-order valence-corrected chi connectivity index (χ2v) is 7.42. The smallest absolute Gasteiger partial charge is 0.246 e. The van der Waals surface area contributed by atoms with Crippen molar-refractivity contribution >= 4 is 26.7 Å². The topological polar surface area (TPSA) is 62.3 Å². The number of hydrogen-bond donors (Lipinski definition) is 1. The molecule has 1 rings (SSSR count). The number of aromatic nitrogens is 1. The van der Waals surface area contributed by atoms with E-state index in [-0.39, 0.29) is 5.41 Å². The Morgan fingerprint density at radius 2 is 1.94 bits per heavy atom. The van der Waals surface area contributed by atoms with Crippen LogP contribution in [0.2, 0.25) is 0 Å². The van der Waals surface area contributed by atoms with E-state index in [0.717, 1.165) is 10.00 Å². The van der Waals surface area contributed by atoms with Crippen molar-refractivity contribution in [2.75, 3.05) is 18.8 Å². The molecule has 0 aliphatic heterocycles. The summed E-state index contributed by atoms with van der Waals surface area (Å²) in [6.07, 6.45) is 0. The Hall–Kier alpha value is -0.660. The Morgan fingerprint density at radius 3 is 2.31 bits per heavy atom. The van der Waals surface area contributed by atoms with Gasteiger partial charge >= 0.3 is 10.2 Å². The zero-order chi connectivity index (χ0) is 12.6. The first-order chi connectivity index (χ1) is 7.13. The van der Waals surface area contributed by atoms with Gasteiger partial charge in [0.1, 0.15) is 0 Å². The van der Waals surface area contributed by atoms with Crippen LogP contribution in [0.4, 0.5) is 5.13 Å². The lowest BCUT2D eigenvalue weighted by atomic mass is 9.93. The van der Waals surface area contributed by atoms with Gasteiger partial charge in [0.2, 0.25) is 0 Å². The monoisotopic (exact) mass is 263 g/mol. The van der Waals surface area contributed by atoms with Crippen molar-refractivity contribution in [3.05, 3.63) is 11.1 Å². The molecule has 0 aliphatic rings. The molecule has 0 radical (unpaired) electrons. The molecule has 92 valence electrons. The van der Waals surface area contributed by atoms with Crippen molar-refractivity contribution < 1.29 is 8.42 Å². The summed E-state index contributed by atoms with van der Waals surface area (Å²) < 4.78 is 26.6. The predicted octanol–water partition coefficient (Wildman–Crippen LogP) is 1.66. The van der Waals surface area contributed by atoms with E-state index in [1.807, 2.05) is 26.2 Å². The minimum absolute atomic E-state index is 0.0711. The molecule has 0 saturated heterocycles. The van der Waals surface area contributed by atoms with Gasteiger partial charge in [0.25, 0.3) is 0 Å². The lowest BCUT2D eigenvalue weighted by molar-refractivity contribution is 0.526. The molecule has 0 aliphatic carbocycles. The molecule has 0 bridgehead atoms. The first kappa shape index (κ1) is 13.4. The van der Waals surface area contributed by atoms with Crippen LogP contribution in [-0.2, 0) is 15.6 Å². The maximum atomic E-state index is 11.5. The molecule has 0 atom stereocenters. The van der Waals surface area contributed by atoms with Crippen molar-refractivity contribution in [3.8, 4) is 0 Å². The number of rotatable bonds is 3. The zero-order valence-corrected chi connectivity index (χ0v) is 11.7. The number of thiazole rings is 1. The highest BCUT2D eigenvalue weighted by Gasteiger charge is 2.20. The third-order valence-electron chi connectivity index (χ3n) is 1.97. The van der Waals surface area contributed by atoms with Crippen molar-refractivity contribution in [1.29, 1.82) is 0 Å². The molecule has 1 aromatic heterocycles. The number of nitrogens with zero attached hydrogens (tertiary/aromatic N) is 2. The van der Waals surface area contributed by atoms with E-state index in [1.165, 1.54) is 25.4 Å². The third-order valence-corrected chi connectivity index (χ3v) is 4.27. The van der Waals surface area contributed by atoms with Crippen LogP contribution < -0.4 is 4.72 Å². The van der Waals surface area contributed by atoms with E-state index in [0.29, 0.717) is 5.13 Å². The lowest BCUT2D eigenvalue weighted by Crippen LogP contribution is -2.29. The van der Waals surface area contributed by atoms with Crippen LogP contribution in [0.15, 0.2) is 5.38 Å². The van der Waals surface area contributed by atoms with Crippen LogP contribution in [0.25, 0.3) is 0 Å². The Kier molecular flexibility index (Phi) is 3.61. The Labute approximate surface area is 101 Å². The van der Waals surface area contributed by atoms with Gasteiger partial charge in [0, 0.05) is 24.9 Å². The minimum atomic E-state index is -3.45. The fourth-order valence-corrected chi connectivity index (χ4v) is 2.60. The average Bonchev–Trinajstić information content (AvgIpc) is 2.50. The molecule has 0 spiro atoms. The maximum absolute atomic E-state index is 11.5. The van der Waals surface area contributed by atoms with E-state index >= 15 is 0 Å². The summed E-state index contributed by atoms with van der Waals surface area (Å²) in [6.45, 7) is 6.10. The van der Waals surface area contributed by atoms with Gasteiger partial charge < -0.3 is 0 Å². The molecule has 0 amide bonds. The van der Waals surface area contributed by atoms with E-state index in [9.17, 15) is 8.42 Å². The fraction of sp³-hybridized carbons (Fsp3) is 0.667.